The Morgan fingerprint density at radius 3 is 2.56 bits per heavy atom. The van der Waals surface area contributed by atoms with Gasteiger partial charge in [0.1, 0.15) is 36.1 Å². The lowest BCUT2D eigenvalue weighted by atomic mass is 9.66. The van der Waals surface area contributed by atoms with Gasteiger partial charge in [0.2, 0.25) is 0 Å². The molecule has 2 heterocycles. The van der Waals surface area contributed by atoms with Crippen LogP contribution in [0.3, 0.4) is 0 Å². The molecule has 7 atom stereocenters. The van der Waals surface area contributed by atoms with E-state index in [1.54, 1.807) is 7.11 Å². The van der Waals surface area contributed by atoms with Gasteiger partial charge in [-0.2, -0.15) is 0 Å². The first kappa shape index (κ1) is 38.2. The number of alkyl carbamates (subject to hydrolysis) is 1. The second-order valence-corrected chi connectivity index (χ2v) is 14.5. The minimum absolute atomic E-state index is 0.0275. The summed E-state index contributed by atoms with van der Waals surface area (Å²) in [7, 11) is 3.60. The molecule has 7 unspecified atom stereocenters. The molecule has 2 aliphatic heterocycles. The van der Waals surface area contributed by atoms with Crippen molar-refractivity contribution < 1.29 is 33.2 Å². The SMILES string of the molecule is C=C(CCCCNc1ccc(CNC(=O)OC2CCC3(CO3)C(NC)(C3OC3CC=C(C)C)C2OC)cc1)OCC(C)OC(C)(C)CC. The van der Waals surface area contributed by atoms with Crippen LogP contribution in [0.2, 0.25) is 0 Å². The van der Waals surface area contributed by atoms with E-state index in [1.165, 1.54) is 5.57 Å². The maximum atomic E-state index is 13.0. The van der Waals surface area contributed by atoms with Crippen LogP contribution in [0.25, 0.3) is 0 Å². The molecule has 1 saturated carbocycles. The third-order valence-corrected chi connectivity index (χ3v) is 10.1. The van der Waals surface area contributed by atoms with Gasteiger partial charge < -0.3 is 44.4 Å². The molecule has 4 rings (SSSR count). The number of unbranched alkanes of at least 4 members (excludes halogenated alkanes) is 1. The molecule has 1 spiro atoms. The van der Waals surface area contributed by atoms with Crippen molar-refractivity contribution in [2.24, 2.45) is 0 Å². The number of nitrogens with one attached hydrogen (secondary N) is 3. The van der Waals surface area contributed by atoms with Crippen LogP contribution in [0.5, 0.6) is 0 Å². The second-order valence-electron chi connectivity index (χ2n) is 14.5. The van der Waals surface area contributed by atoms with Crippen LogP contribution >= 0.6 is 0 Å². The van der Waals surface area contributed by atoms with Gasteiger partial charge in [-0.3, -0.25) is 0 Å². The number of hydrogen-bond acceptors (Lipinski definition) is 9. The van der Waals surface area contributed by atoms with Gasteiger partial charge in [0, 0.05) is 32.3 Å². The standard InChI is InChI=1S/C38H61N3O7/c1-10-36(6,7)48-28(5)24-44-27(4)13-11-12-22-40-30-17-15-29(16-18-30)23-41-35(42)47-32-20-21-37(25-45-37)38(39-8,33(32)43-9)34-31(46-34)19-14-26(2)3/h14-18,28,31-34,39-40H,4,10-13,19-25H2,1-3,5-9H3,(H,41,42). The first-order chi connectivity index (χ1) is 22.9. The normalized spacial score (nSPS) is 28.3. The van der Waals surface area contributed by atoms with Gasteiger partial charge >= 0.3 is 6.09 Å². The van der Waals surface area contributed by atoms with Gasteiger partial charge in [0.25, 0.3) is 0 Å². The van der Waals surface area contributed by atoms with E-state index in [-0.39, 0.29) is 29.5 Å². The van der Waals surface area contributed by atoms with Crippen molar-refractivity contribution >= 4 is 11.8 Å². The molecule has 0 radical (unpaired) electrons. The lowest BCUT2D eigenvalue weighted by Gasteiger charge is -2.49. The van der Waals surface area contributed by atoms with Crippen molar-refractivity contribution in [1.82, 2.24) is 10.6 Å². The highest BCUT2D eigenvalue weighted by Gasteiger charge is 2.76. The monoisotopic (exact) mass is 671 g/mol. The number of methoxy groups -OCH3 is 1. The summed E-state index contributed by atoms with van der Waals surface area (Å²) in [6.45, 7) is 19.0. The fraction of sp³-hybridized carbons (Fsp3) is 0.711. The van der Waals surface area contributed by atoms with E-state index < -0.39 is 23.8 Å². The number of benzene rings is 1. The first-order valence-electron chi connectivity index (χ1n) is 17.8. The van der Waals surface area contributed by atoms with E-state index in [2.05, 4.69) is 63.2 Å². The number of carbonyl (C=O) groups excluding carboxylic acids is 1. The van der Waals surface area contributed by atoms with E-state index in [9.17, 15) is 4.79 Å². The molecule has 0 bridgehead atoms. The Hall–Kier alpha value is -2.63. The van der Waals surface area contributed by atoms with E-state index in [1.807, 2.05) is 38.2 Å². The number of anilines is 1. The van der Waals surface area contributed by atoms with Gasteiger partial charge in [0.15, 0.2) is 0 Å². The van der Waals surface area contributed by atoms with Crippen molar-refractivity contribution in [3.8, 4) is 0 Å². The molecule has 3 fully saturated rings. The lowest BCUT2D eigenvalue weighted by Crippen LogP contribution is -2.73. The number of hydrogen-bond donors (Lipinski definition) is 3. The third-order valence-electron chi connectivity index (χ3n) is 10.1. The highest BCUT2D eigenvalue weighted by molar-refractivity contribution is 5.67. The molecule has 1 amide bonds. The maximum Gasteiger partial charge on any atom is 0.407 e. The molecule has 2 saturated heterocycles. The number of ether oxygens (including phenoxy) is 6. The molecule has 1 aromatic carbocycles. The van der Waals surface area contributed by atoms with Crippen LogP contribution in [-0.2, 0) is 35.0 Å². The highest BCUT2D eigenvalue weighted by atomic mass is 16.6. The summed E-state index contributed by atoms with van der Waals surface area (Å²) in [6.07, 6.45) is 6.96. The molecular weight excluding hydrogens is 610 g/mol. The fourth-order valence-electron chi connectivity index (χ4n) is 6.97. The molecule has 3 aliphatic rings. The number of rotatable bonds is 20. The van der Waals surface area contributed by atoms with Crippen LogP contribution in [-0.4, -0.2) is 87.3 Å². The zero-order valence-corrected chi connectivity index (χ0v) is 30.6. The second kappa shape index (κ2) is 16.9. The van der Waals surface area contributed by atoms with Crippen LogP contribution < -0.4 is 16.0 Å². The van der Waals surface area contributed by atoms with E-state index in [4.69, 9.17) is 28.4 Å². The Bertz CT molecular complexity index is 1230. The Labute approximate surface area is 288 Å². The van der Waals surface area contributed by atoms with E-state index >= 15 is 0 Å². The Morgan fingerprint density at radius 2 is 1.94 bits per heavy atom. The van der Waals surface area contributed by atoms with Crippen molar-refractivity contribution in [3.63, 3.8) is 0 Å². The summed E-state index contributed by atoms with van der Waals surface area (Å²) < 4.78 is 36.2. The first-order valence-corrected chi connectivity index (χ1v) is 17.8. The summed E-state index contributed by atoms with van der Waals surface area (Å²) in [6, 6.07) is 8.08. The summed E-state index contributed by atoms with van der Waals surface area (Å²) in [5, 5.41) is 9.92. The Morgan fingerprint density at radius 1 is 1.21 bits per heavy atom. The minimum atomic E-state index is -0.602. The molecule has 48 heavy (non-hydrogen) atoms. The number of allylic oxidation sites excluding steroid dienone is 2. The van der Waals surface area contributed by atoms with Gasteiger partial charge in [-0.15, -0.1) is 0 Å². The van der Waals surface area contributed by atoms with Crippen molar-refractivity contribution in [2.45, 2.75) is 140 Å². The van der Waals surface area contributed by atoms with Crippen LogP contribution in [0.4, 0.5) is 10.5 Å². The average molecular weight is 672 g/mol. The zero-order chi connectivity index (χ0) is 35.0. The van der Waals surface area contributed by atoms with Gasteiger partial charge in [-0.25, -0.2) is 4.79 Å². The molecule has 10 nitrogen and oxygen atoms in total. The van der Waals surface area contributed by atoms with Crippen LogP contribution in [0.15, 0.2) is 48.3 Å². The van der Waals surface area contributed by atoms with E-state index in [0.717, 1.165) is 62.1 Å². The molecule has 1 aromatic rings. The maximum absolute atomic E-state index is 13.0. The molecule has 3 N–H and O–H groups in total. The molecule has 270 valence electrons. The zero-order valence-electron chi connectivity index (χ0n) is 30.6. The van der Waals surface area contributed by atoms with Crippen LogP contribution in [0.1, 0.15) is 92.1 Å². The summed E-state index contributed by atoms with van der Waals surface area (Å²) in [5.74, 6) is 0.805. The molecule has 1 aliphatic carbocycles. The molecule has 0 aromatic heterocycles. The predicted molar refractivity (Wildman–Crippen MR) is 189 cm³/mol. The van der Waals surface area contributed by atoms with Crippen molar-refractivity contribution in [3.05, 3.63) is 53.8 Å². The molecular formula is C38H61N3O7. The largest absolute Gasteiger partial charge is 0.496 e. The summed E-state index contributed by atoms with van der Waals surface area (Å²) in [4.78, 5) is 13.0. The summed E-state index contributed by atoms with van der Waals surface area (Å²) in [5.41, 5.74) is 2.17. The highest BCUT2D eigenvalue weighted by Crippen LogP contribution is 2.56. The minimum Gasteiger partial charge on any atom is -0.496 e. The van der Waals surface area contributed by atoms with E-state index in [0.29, 0.717) is 26.2 Å². The Kier molecular flexibility index (Phi) is 13.4. The predicted octanol–water partition coefficient (Wildman–Crippen LogP) is 6.65. The number of amides is 1. The number of likely N-dealkylation sites (N-methyl/N-ethyl adjacent to an activating group) is 1. The van der Waals surface area contributed by atoms with Gasteiger partial charge in [-0.05, 0) is 97.9 Å². The van der Waals surface area contributed by atoms with Gasteiger partial charge in [-0.1, -0.05) is 37.3 Å². The average Bonchev–Trinajstić information content (AvgIpc) is 4.00. The summed E-state index contributed by atoms with van der Waals surface area (Å²) >= 11 is 0. The Balaban J connectivity index is 1.16. The number of carbonyl (C=O) groups is 1. The van der Waals surface area contributed by atoms with Crippen molar-refractivity contribution in [1.29, 1.82) is 0 Å². The quantitative estimate of drug-likeness (QED) is 0.0607. The van der Waals surface area contributed by atoms with Crippen LogP contribution in [0, 0.1) is 0 Å². The topological polar surface area (TPSA) is 115 Å². The fourth-order valence-corrected chi connectivity index (χ4v) is 6.97. The number of epoxide rings is 2. The smallest absolute Gasteiger partial charge is 0.407 e. The third kappa shape index (κ3) is 9.75. The molecule has 10 heteroatoms. The van der Waals surface area contributed by atoms with Crippen molar-refractivity contribution in [2.75, 3.05) is 39.2 Å². The van der Waals surface area contributed by atoms with Gasteiger partial charge in [0.05, 0.1) is 30.2 Å². The lowest BCUT2D eigenvalue weighted by molar-refractivity contribution is -0.129.